The van der Waals surface area contributed by atoms with Gasteiger partial charge >= 0.3 is 0 Å². The Morgan fingerprint density at radius 3 is 2.75 bits per heavy atom. The van der Waals surface area contributed by atoms with Crippen molar-refractivity contribution in [2.24, 2.45) is 0 Å². The number of alkyl halides is 1. The molecule has 1 atom stereocenters. The summed E-state index contributed by atoms with van der Waals surface area (Å²) in [5.74, 6) is 0. The molecule has 0 spiro atoms. The van der Waals surface area contributed by atoms with Crippen molar-refractivity contribution in [1.82, 2.24) is 0 Å². The Morgan fingerprint density at radius 1 is 1.58 bits per heavy atom. The Morgan fingerprint density at radius 2 is 2.25 bits per heavy atom. The Hall–Kier alpha value is -0.900. The van der Waals surface area contributed by atoms with Gasteiger partial charge in [0.2, 0.25) is 0 Å². The molecule has 0 N–H and O–H groups in total. The molecule has 1 rings (SSSR count). The van der Waals surface area contributed by atoms with Crippen LogP contribution < -0.4 is 0 Å². The number of hydrogen-bond acceptors (Lipinski definition) is 2. The van der Waals surface area contributed by atoms with Gasteiger partial charge in [-0.15, -0.1) is 0 Å². The summed E-state index contributed by atoms with van der Waals surface area (Å²) in [4.78, 5) is 10.1. The van der Waals surface area contributed by atoms with E-state index >= 15 is 0 Å². The van der Waals surface area contributed by atoms with Gasteiger partial charge in [0.25, 0.3) is 5.69 Å². The zero-order valence-electron chi connectivity index (χ0n) is 6.53. The molecule has 0 radical (unpaired) electrons. The summed E-state index contributed by atoms with van der Waals surface area (Å²) in [6.07, 6.45) is 0. The first-order valence-electron chi connectivity index (χ1n) is 3.49. The molecule has 0 unspecified atom stereocenters. The van der Waals surface area contributed by atoms with Crippen molar-refractivity contribution >= 4 is 21.6 Å². The van der Waals surface area contributed by atoms with Crippen LogP contribution in [0.3, 0.4) is 0 Å². The molecule has 0 aliphatic heterocycles. The lowest BCUT2D eigenvalue weighted by Crippen LogP contribution is -1.90. The second-order valence-electron chi connectivity index (χ2n) is 2.47. The van der Waals surface area contributed by atoms with Gasteiger partial charge in [0.1, 0.15) is 0 Å². The first-order valence-corrected chi connectivity index (χ1v) is 4.41. The molecule has 1 aromatic carbocycles. The van der Waals surface area contributed by atoms with E-state index in [1.54, 1.807) is 12.1 Å². The zero-order valence-corrected chi connectivity index (χ0v) is 8.11. The molecule has 0 aromatic heterocycles. The van der Waals surface area contributed by atoms with Gasteiger partial charge in [-0.25, -0.2) is 0 Å². The number of hydrogen-bond donors (Lipinski definition) is 0. The number of nitro groups is 1. The third-order valence-electron chi connectivity index (χ3n) is 1.54. The zero-order chi connectivity index (χ0) is 9.14. The van der Waals surface area contributed by atoms with E-state index in [-0.39, 0.29) is 10.5 Å². The summed E-state index contributed by atoms with van der Waals surface area (Å²) in [6.45, 7) is 1.93. The van der Waals surface area contributed by atoms with Crippen LogP contribution >= 0.6 is 15.9 Å². The molecule has 12 heavy (non-hydrogen) atoms. The smallest absolute Gasteiger partial charge is 0.258 e. The van der Waals surface area contributed by atoms with Gasteiger partial charge < -0.3 is 0 Å². The molecule has 3 nitrogen and oxygen atoms in total. The molecule has 0 aliphatic carbocycles. The number of benzene rings is 1. The fourth-order valence-corrected chi connectivity index (χ4v) is 1.17. The largest absolute Gasteiger partial charge is 0.269 e. The molecule has 0 heterocycles. The Balaban J connectivity index is 3.04. The predicted octanol–water partition coefficient (Wildman–Crippen LogP) is 3.05. The van der Waals surface area contributed by atoms with E-state index in [2.05, 4.69) is 15.9 Å². The van der Waals surface area contributed by atoms with E-state index in [1.807, 2.05) is 13.0 Å². The van der Waals surface area contributed by atoms with E-state index in [4.69, 9.17) is 0 Å². The molecule has 0 fully saturated rings. The quantitative estimate of drug-likeness (QED) is 0.445. The van der Waals surface area contributed by atoms with Crippen LogP contribution in [0.15, 0.2) is 24.3 Å². The van der Waals surface area contributed by atoms with Crippen molar-refractivity contribution in [2.45, 2.75) is 11.8 Å². The van der Waals surface area contributed by atoms with Crippen LogP contribution in [0, 0.1) is 10.1 Å². The van der Waals surface area contributed by atoms with E-state index < -0.39 is 4.92 Å². The number of rotatable bonds is 2. The van der Waals surface area contributed by atoms with Gasteiger partial charge in [-0.2, -0.15) is 0 Å². The first-order chi connectivity index (χ1) is 5.61. The van der Waals surface area contributed by atoms with Crippen molar-refractivity contribution in [2.75, 3.05) is 0 Å². The van der Waals surface area contributed by atoms with Crippen LogP contribution in [0.25, 0.3) is 0 Å². The van der Waals surface area contributed by atoms with Crippen molar-refractivity contribution in [3.63, 3.8) is 0 Å². The molecule has 0 saturated heterocycles. The predicted molar refractivity (Wildman–Crippen MR) is 50.4 cm³/mol. The second kappa shape index (κ2) is 3.67. The van der Waals surface area contributed by atoms with Crippen LogP contribution in [0.5, 0.6) is 0 Å². The van der Waals surface area contributed by atoms with E-state index in [0.717, 1.165) is 5.56 Å². The number of halogens is 1. The highest BCUT2D eigenvalue weighted by molar-refractivity contribution is 9.09. The van der Waals surface area contributed by atoms with Crippen LogP contribution in [0.2, 0.25) is 0 Å². The Kier molecular flexibility index (Phi) is 2.81. The van der Waals surface area contributed by atoms with Gasteiger partial charge in [0.15, 0.2) is 0 Å². The lowest BCUT2D eigenvalue weighted by molar-refractivity contribution is -0.384. The van der Waals surface area contributed by atoms with E-state index in [9.17, 15) is 10.1 Å². The molecule has 64 valence electrons. The molecule has 0 saturated carbocycles. The van der Waals surface area contributed by atoms with Crippen LogP contribution in [-0.4, -0.2) is 4.92 Å². The van der Waals surface area contributed by atoms with Gasteiger partial charge in [0.05, 0.1) is 4.92 Å². The van der Waals surface area contributed by atoms with Gasteiger partial charge in [-0.3, -0.25) is 10.1 Å². The molecule has 0 amide bonds. The summed E-state index contributed by atoms with van der Waals surface area (Å²) in [5.41, 5.74) is 1.06. The van der Waals surface area contributed by atoms with Gasteiger partial charge in [-0.05, 0) is 12.5 Å². The lowest BCUT2D eigenvalue weighted by atomic mass is 10.1. The Bertz CT molecular complexity index is 299. The summed E-state index contributed by atoms with van der Waals surface area (Å²) in [6, 6.07) is 6.59. The van der Waals surface area contributed by atoms with Crippen molar-refractivity contribution in [3.8, 4) is 0 Å². The summed E-state index contributed by atoms with van der Waals surface area (Å²) < 4.78 is 0. The maximum atomic E-state index is 10.4. The second-order valence-corrected chi connectivity index (χ2v) is 3.84. The molecular weight excluding hydrogens is 222 g/mol. The molecule has 0 aliphatic rings. The normalized spacial score (nSPS) is 12.5. The minimum absolute atomic E-state index is 0.138. The maximum Gasteiger partial charge on any atom is 0.269 e. The molecule has 1 aromatic rings. The maximum absolute atomic E-state index is 10.4. The van der Waals surface area contributed by atoms with Crippen molar-refractivity contribution < 1.29 is 4.92 Å². The summed E-state index contributed by atoms with van der Waals surface area (Å²) in [5, 5.41) is 10.4. The minimum Gasteiger partial charge on any atom is -0.258 e. The Labute approximate surface area is 78.7 Å². The highest BCUT2D eigenvalue weighted by atomic mass is 79.9. The highest BCUT2D eigenvalue weighted by Crippen LogP contribution is 2.24. The van der Waals surface area contributed by atoms with Crippen LogP contribution in [0.1, 0.15) is 17.3 Å². The average Bonchev–Trinajstić information content (AvgIpc) is 2.04. The number of nitro benzene ring substituents is 1. The number of nitrogens with zero attached hydrogens (tertiary/aromatic N) is 1. The van der Waals surface area contributed by atoms with E-state index in [0.29, 0.717) is 0 Å². The summed E-state index contributed by atoms with van der Waals surface area (Å²) >= 11 is 3.34. The number of non-ortho nitro benzene ring substituents is 1. The van der Waals surface area contributed by atoms with E-state index in [1.165, 1.54) is 6.07 Å². The average molecular weight is 230 g/mol. The topological polar surface area (TPSA) is 43.1 Å². The monoisotopic (exact) mass is 229 g/mol. The third kappa shape index (κ3) is 2.04. The fourth-order valence-electron chi connectivity index (χ4n) is 0.886. The standard InChI is InChI=1S/C8H8BrNO2/c1-6(9)7-3-2-4-8(5-7)10(11)12/h2-6H,1H3/t6-/m0/s1. The highest BCUT2D eigenvalue weighted by Gasteiger charge is 2.07. The lowest BCUT2D eigenvalue weighted by Gasteiger charge is -2.01. The van der Waals surface area contributed by atoms with Crippen molar-refractivity contribution in [3.05, 3.63) is 39.9 Å². The van der Waals surface area contributed by atoms with Crippen LogP contribution in [-0.2, 0) is 0 Å². The molecular formula is C8H8BrNO2. The first kappa shape index (κ1) is 9.19. The van der Waals surface area contributed by atoms with Crippen molar-refractivity contribution in [1.29, 1.82) is 0 Å². The minimum atomic E-state index is -0.390. The fraction of sp³-hybridized carbons (Fsp3) is 0.250. The van der Waals surface area contributed by atoms with Gasteiger partial charge in [0, 0.05) is 17.0 Å². The molecule has 4 heteroatoms. The SMILES string of the molecule is C[C@H](Br)c1cccc([N+](=O)[O-])c1. The van der Waals surface area contributed by atoms with Crippen LogP contribution in [0.4, 0.5) is 5.69 Å². The molecule has 0 bridgehead atoms. The summed E-state index contributed by atoms with van der Waals surface area (Å²) in [7, 11) is 0. The third-order valence-corrected chi connectivity index (χ3v) is 2.07. The van der Waals surface area contributed by atoms with Gasteiger partial charge in [-0.1, -0.05) is 28.1 Å².